The maximum atomic E-state index is 12.2. The summed E-state index contributed by atoms with van der Waals surface area (Å²) >= 11 is 0. The first-order chi connectivity index (χ1) is 15.6. The van der Waals surface area contributed by atoms with Crippen molar-refractivity contribution >= 4 is 28.3 Å². The molecular weight excluding hydrogens is 400 g/mol. The highest BCUT2D eigenvalue weighted by molar-refractivity contribution is 6.00. The molecule has 1 aromatic heterocycles. The standard InChI is InChI=1S/C25H26N6O/c26-24-20-8-6-18(14-22(20)28-29-24)19-7-9-21(25(27)32)23(15-19)31-12-10-30(11-13-31)16-17-4-2-1-3-5-17/h1-9,14-15H,10-13,16H2,(H2,27,32)(H3,26,28,29). The Morgan fingerprint density at radius 2 is 1.66 bits per heavy atom. The summed E-state index contributed by atoms with van der Waals surface area (Å²) in [5.41, 5.74) is 17.3. The van der Waals surface area contributed by atoms with Crippen LogP contribution in [0.3, 0.4) is 0 Å². The molecule has 3 aromatic carbocycles. The maximum absolute atomic E-state index is 12.2. The predicted molar refractivity (Wildman–Crippen MR) is 128 cm³/mol. The van der Waals surface area contributed by atoms with Crippen molar-refractivity contribution in [3.63, 3.8) is 0 Å². The average Bonchev–Trinajstić information content (AvgIpc) is 3.20. The smallest absolute Gasteiger partial charge is 0.250 e. The zero-order valence-corrected chi connectivity index (χ0v) is 17.8. The van der Waals surface area contributed by atoms with Gasteiger partial charge in [0.15, 0.2) is 5.82 Å². The Kier molecular flexibility index (Phi) is 5.25. The van der Waals surface area contributed by atoms with Crippen molar-refractivity contribution < 1.29 is 4.79 Å². The first kappa shape index (κ1) is 20.1. The number of anilines is 2. The van der Waals surface area contributed by atoms with E-state index in [1.165, 1.54) is 5.56 Å². The van der Waals surface area contributed by atoms with Crippen LogP contribution in [0.1, 0.15) is 15.9 Å². The van der Waals surface area contributed by atoms with Crippen LogP contribution in [0.25, 0.3) is 22.0 Å². The van der Waals surface area contributed by atoms with E-state index in [4.69, 9.17) is 11.5 Å². The number of hydrogen-bond acceptors (Lipinski definition) is 5. The molecule has 162 valence electrons. The molecule has 0 unspecified atom stereocenters. The largest absolute Gasteiger partial charge is 0.382 e. The number of nitrogens with two attached hydrogens (primary N) is 2. The van der Waals surface area contributed by atoms with E-state index in [2.05, 4.69) is 50.3 Å². The summed E-state index contributed by atoms with van der Waals surface area (Å²) in [5, 5.41) is 7.94. The summed E-state index contributed by atoms with van der Waals surface area (Å²) in [5.74, 6) is 0.0831. The number of fused-ring (bicyclic) bond motifs is 1. The van der Waals surface area contributed by atoms with Crippen LogP contribution in [0.2, 0.25) is 0 Å². The average molecular weight is 427 g/mol. The van der Waals surface area contributed by atoms with Gasteiger partial charge in [0.1, 0.15) is 0 Å². The monoisotopic (exact) mass is 426 g/mol. The highest BCUT2D eigenvalue weighted by Gasteiger charge is 2.21. The first-order valence-corrected chi connectivity index (χ1v) is 10.8. The van der Waals surface area contributed by atoms with Crippen LogP contribution in [0.15, 0.2) is 66.7 Å². The van der Waals surface area contributed by atoms with E-state index in [9.17, 15) is 4.79 Å². The fourth-order valence-electron chi connectivity index (χ4n) is 4.39. The third kappa shape index (κ3) is 3.90. The van der Waals surface area contributed by atoms with Crippen molar-refractivity contribution in [2.24, 2.45) is 5.73 Å². The van der Waals surface area contributed by atoms with Crippen LogP contribution in [0.4, 0.5) is 11.5 Å². The van der Waals surface area contributed by atoms with Crippen molar-refractivity contribution in [1.29, 1.82) is 0 Å². The molecule has 2 heterocycles. The maximum Gasteiger partial charge on any atom is 0.250 e. The van der Waals surface area contributed by atoms with E-state index in [0.717, 1.165) is 60.4 Å². The van der Waals surface area contributed by atoms with E-state index in [0.29, 0.717) is 11.4 Å². The molecule has 0 saturated carbocycles. The minimum Gasteiger partial charge on any atom is -0.382 e. The number of amides is 1. The Morgan fingerprint density at radius 1 is 0.938 bits per heavy atom. The number of aromatic amines is 1. The number of piperazine rings is 1. The number of aromatic nitrogens is 2. The second kappa shape index (κ2) is 8.36. The van der Waals surface area contributed by atoms with Gasteiger partial charge >= 0.3 is 0 Å². The van der Waals surface area contributed by atoms with E-state index < -0.39 is 5.91 Å². The third-order valence-corrected chi connectivity index (χ3v) is 6.15. The molecule has 1 aliphatic rings. The van der Waals surface area contributed by atoms with Gasteiger partial charge in [0.05, 0.1) is 16.8 Å². The Labute approximate surface area is 186 Å². The number of rotatable bonds is 5. The second-order valence-corrected chi connectivity index (χ2v) is 8.21. The number of nitrogens with one attached hydrogen (secondary N) is 1. The first-order valence-electron chi connectivity index (χ1n) is 10.8. The van der Waals surface area contributed by atoms with E-state index in [1.807, 2.05) is 36.4 Å². The van der Waals surface area contributed by atoms with Crippen molar-refractivity contribution in [2.45, 2.75) is 6.54 Å². The lowest BCUT2D eigenvalue weighted by atomic mass is 10.00. The summed E-state index contributed by atoms with van der Waals surface area (Å²) < 4.78 is 0. The summed E-state index contributed by atoms with van der Waals surface area (Å²) in [6.45, 7) is 4.47. The molecule has 1 fully saturated rings. The summed E-state index contributed by atoms with van der Waals surface area (Å²) in [7, 11) is 0. The molecule has 0 spiro atoms. The number of carbonyl (C=O) groups is 1. The second-order valence-electron chi connectivity index (χ2n) is 8.21. The van der Waals surface area contributed by atoms with E-state index in [-0.39, 0.29) is 0 Å². The minimum absolute atomic E-state index is 0.407. The topological polar surface area (TPSA) is 104 Å². The quantitative estimate of drug-likeness (QED) is 0.454. The Hall–Kier alpha value is -3.84. The molecule has 0 radical (unpaired) electrons. The Balaban J connectivity index is 1.39. The number of nitrogens with zero attached hydrogens (tertiary/aromatic N) is 3. The molecule has 1 amide bonds. The van der Waals surface area contributed by atoms with Crippen LogP contribution >= 0.6 is 0 Å². The highest BCUT2D eigenvalue weighted by atomic mass is 16.1. The molecule has 5 N–H and O–H groups in total. The molecule has 0 bridgehead atoms. The van der Waals surface area contributed by atoms with Gasteiger partial charge in [-0.05, 0) is 41.0 Å². The lowest BCUT2D eigenvalue weighted by Gasteiger charge is -2.37. The van der Waals surface area contributed by atoms with Gasteiger partial charge in [0, 0.05) is 38.1 Å². The number of nitrogen functional groups attached to an aromatic ring is 1. The number of primary amides is 1. The molecule has 32 heavy (non-hydrogen) atoms. The number of carbonyl (C=O) groups excluding carboxylic acids is 1. The van der Waals surface area contributed by atoms with Gasteiger partial charge in [-0.25, -0.2) is 0 Å². The fourth-order valence-corrected chi connectivity index (χ4v) is 4.39. The molecule has 0 aliphatic carbocycles. The minimum atomic E-state index is -0.407. The van der Waals surface area contributed by atoms with Gasteiger partial charge in [0.2, 0.25) is 0 Å². The van der Waals surface area contributed by atoms with Crippen LogP contribution in [-0.4, -0.2) is 47.2 Å². The fraction of sp³-hybridized carbons (Fsp3) is 0.200. The molecule has 1 saturated heterocycles. The number of H-pyrrole nitrogens is 1. The van der Waals surface area contributed by atoms with Crippen molar-refractivity contribution in [3.8, 4) is 11.1 Å². The highest BCUT2D eigenvalue weighted by Crippen LogP contribution is 2.31. The summed E-state index contributed by atoms with van der Waals surface area (Å²) in [6.07, 6.45) is 0. The molecule has 7 heteroatoms. The van der Waals surface area contributed by atoms with Crippen LogP contribution < -0.4 is 16.4 Å². The Morgan fingerprint density at radius 3 is 2.41 bits per heavy atom. The van der Waals surface area contributed by atoms with Crippen molar-refractivity contribution in [2.75, 3.05) is 36.8 Å². The molecule has 0 atom stereocenters. The van der Waals surface area contributed by atoms with Crippen molar-refractivity contribution in [3.05, 3.63) is 77.9 Å². The van der Waals surface area contributed by atoms with Crippen molar-refractivity contribution in [1.82, 2.24) is 15.1 Å². The summed E-state index contributed by atoms with van der Waals surface area (Å²) in [4.78, 5) is 16.9. The van der Waals surface area contributed by atoms with Gasteiger partial charge in [-0.2, -0.15) is 5.10 Å². The van der Waals surface area contributed by atoms with Gasteiger partial charge in [0.25, 0.3) is 5.91 Å². The zero-order valence-electron chi connectivity index (χ0n) is 17.8. The number of hydrogen-bond donors (Lipinski definition) is 3. The molecule has 1 aliphatic heterocycles. The number of benzene rings is 3. The van der Waals surface area contributed by atoms with Gasteiger partial charge in [-0.15, -0.1) is 0 Å². The molecule has 7 nitrogen and oxygen atoms in total. The van der Waals surface area contributed by atoms with E-state index >= 15 is 0 Å². The van der Waals surface area contributed by atoms with E-state index in [1.54, 1.807) is 0 Å². The predicted octanol–water partition coefficient (Wildman–Crippen LogP) is 3.23. The van der Waals surface area contributed by atoms with Gasteiger partial charge in [-0.1, -0.05) is 42.5 Å². The van der Waals surface area contributed by atoms with Crippen LogP contribution in [0.5, 0.6) is 0 Å². The van der Waals surface area contributed by atoms with Gasteiger partial charge in [-0.3, -0.25) is 14.8 Å². The Bertz CT molecular complexity index is 1260. The summed E-state index contributed by atoms with van der Waals surface area (Å²) in [6, 6.07) is 22.4. The lowest BCUT2D eigenvalue weighted by Crippen LogP contribution is -2.46. The van der Waals surface area contributed by atoms with Crippen LogP contribution in [-0.2, 0) is 6.54 Å². The van der Waals surface area contributed by atoms with Crippen LogP contribution in [0, 0.1) is 0 Å². The lowest BCUT2D eigenvalue weighted by molar-refractivity contribution is 0.100. The SMILES string of the molecule is NC(=O)c1ccc(-c2ccc3c(N)n[nH]c3c2)cc1N1CCN(Cc2ccccc2)CC1. The van der Waals surface area contributed by atoms with Gasteiger partial charge < -0.3 is 16.4 Å². The normalized spacial score (nSPS) is 14.7. The molecular formula is C25H26N6O. The molecule has 4 aromatic rings. The molecule has 5 rings (SSSR count). The zero-order chi connectivity index (χ0) is 22.1. The third-order valence-electron chi connectivity index (χ3n) is 6.15.